The number of benzene rings is 2. The van der Waals surface area contributed by atoms with Crippen molar-refractivity contribution in [3.05, 3.63) is 106 Å². The SMILES string of the molecule is Cc1ncsc1-c1ccc([C@H](C)NC(=O)[C@@H]2C[C@@H](O)CN2C(=O)[C@@H](c2cc(-c3cnc(N4CC5(CC(c6sc7nnc(-c8ccccc8O)cc7c6C)C5)C4)nc3)no2)C(C)C)cc1. The van der Waals surface area contributed by atoms with E-state index in [0.717, 1.165) is 57.8 Å². The number of hydrogen-bond acceptors (Lipinski definition) is 14. The number of thiophene rings is 1. The molecule has 10 rings (SSSR count). The molecule has 2 aliphatic heterocycles. The Bertz CT molecular complexity index is 2860. The van der Waals surface area contributed by atoms with Crippen molar-refractivity contribution in [1.82, 2.24) is 40.5 Å². The van der Waals surface area contributed by atoms with Gasteiger partial charge >= 0.3 is 0 Å². The second kappa shape index (κ2) is 16.5. The number of fused-ring (bicyclic) bond motifs is 1. The Balaban J connectivity index is 0.758. The van der Waals surface area contributed by atoms with Crippen LogP contribution >= 0.6 is 22.7 Å². The van der Waals surface area contributed by atoms with Crippen molar-refractivity contribution in [3.63, 3.8) is 0 Å². The van der Waals surface area contributed by atoms with Gasteiger partial charge in [-0.1, -0.05) is 55.4 Å². The van der Waals surface area contributed by atoms with E-state index in [-0.39, 0.29) is 47.9 Å². The average molecular weight is 896 g/mol. The van der Waals surface area contributed by atoms with Gasteiger partial charge in [-0.25, -0.2) is 15.0 Å². The molecule has 5 aromatic heterocycles. The molecule has 1 spiro atoms. The minimum Gasteiger partial charge on any atom is -0.507 e. The molecule has 1 aliphatic carbocycles. The van der Waals surface area contributed by atoms with Crippen molar-refractivity contribution >= 4 is 50.7 Å². The van der Waals surface area contributed by atoms with Crippen LogP contribution in [0, 0.1) is 25.2 Å². The highest BCUT2D eigenvalue weighted by molar-refractivity contribution is 7.19. The highest BCUT2D eigenvalue weighted by Crippen LogP contribution is 2.58. The van der Waals surface area contributed by atoms with Gasteiger partial charge in [0.15, 0.2) is 0 Å². The number of para-hydroxylation sites is 1. The van der Waals surface area contributed by atoms with Gasteiger partial charge in [0.05, 0.1) is 33.9 Å². The zero-order valence-electron chi connectivity index (χ0n) is 36.2. The Morgan fingerprint density at radius 1 is 0.938 bits per heavy atom. The van der Waals surface area contributed by atoms with E-state index < -0.39 is 18.1 Å². The molecule has 14 nitrogen and oxygen atoms in total. The molecule has 16 heteroatoms. The van der Waals surface area contributed by atoms with Gasteiger partial charge in [-0.15, -0.1) is 32.9 Å². The monoisotopic (exact) mass is 895 g/mol. The van der Waals surface area contributed by atoms with Crippen molar-refractivity contribution < 1.29 is 24.3 Å². The summed E-state index contributed by atoms with van der Waals surface area (Å²) in [7, 11) is 0. The fourth-order valence-corrected chi connectivity index (χ4v) is 11.9. The van der Waals surface area contributed by atoms with Crippen LogP contribution in [-0.4, -0.2) is 89.0 Å². The van der Waals surface area contributed by atoms with Crippen LogP contribution < -0.4 is 10.2 Å². The number of anilines is 1. The molecule has 7 heterocycles. The third kappa shape index (κ3) is 7.60. The van der Waals surface area contributed by atoms with Gasteiger partial charge in [0.1, 0.15) is 34.0 Å². The summed E-state index contributed by atoms with van der Waals surface area (Å²) >= 11 is 3.32. The van der Waals surface area contributed by atoms with Crippen molar-refractivity contribution in [1.29, 1.82) is 0 Å². The Kier molecular flexibility index (Phi) is 10.8. The number of aromatic hydroxyl groups is 1. The van der Waals surface area contributed by atoms with Crippen LogP contribution in [0.3, 0.4) is 0 Å². The van der Waals surface area contributed by atoms with Gasteiger partial charge in [-0.2, -0.15) is 0 Å². The molecule has 3 fully saturated rings. The number of carbonyl (C=O) groups excluding carboxylic acids is 2. The van der Waals surface area contributed by atoms with Gasteiger partial charge in [-0.3, -0.25) is 9.59 Å². The Labute approximate surface area is 378 Å². The van der Waals surface area contributed by atoms with Crippen LogP contribution in [0.25, 0.3) is 43.2 Å². The number of phenolic OH excluding ortho intramolecular Hbond substituents is 1. The van der Waals surface area contributed by atoms with E-state index in [9.17, 15) is 19.8 Å². The maximum absolute atomic E-state index is 14.3. The number of thiazole rings is 1. The summed E-state index contributed by atoms with van der Waals surface area (Å²) in [5.74, 6) is 0.190. The maximum atomic E-state index is 14.3. The molecular formula is C48H49N9O5S2. The molecule has 328 valence electrons. The topological polar surface area (TPSA) is 184 Å². The zero-order chi connectivity index (χ0) is 44.4. The molecule has 2 saturated heterocycles. The minimum atomic E-state index is -0.833. The summed E-state index contributed by atoms with van der Waals surface area (Å²) in [5, 5.41) is 38.5. The summed E-state index contributed by atoms with van der Waals surface area (Å²) in [4.78, 5) is 48.9. The summed E-state index contributed by atoms with van der Waals surface area (Å²) in [6.07, 6.45) is 4.98. The number of hydrogen-bond donors (Lipinski definition) is 3. The number of β-amino-alcohol motifs (C(OH)–C–C–N with tert-alkyl or cyclic N) is 1. The van der Waals surface area contributed by atoms with Gasteiger partial charge in [0.2, 0.25) is 17.8 Å². The quantitative estimate of drug-likeness (QED) is 0.113. The Hall–Kier alpha value is -6.10. The minimum absolute atomic E-state index is 0.0504. The summed E-state index contributed by atoms with van der Waals surface area (Å²) in [5.41, 5.74) is 8.82. The number of nitrogens with zero attached hydrogens (tertiary/aromatic N) is 8. The first-order valence-corrected chi connectivity index (χ1v) is 23.4. The lowest BCUT2D eigenvalue weighted by molar-refractivity contribution is -0.141. The van der Waals surface area contributed by atoms with Crippen LogP contribution in [0.15, 0.2) is 83.1 Å². The van der Waals surface area contributed by atoms with Crippen molar-refractivity contribution in [3.8, 4) is 38.7 Å². The Morgan fingerprint density at radius 2 is 1.69 bits per heavy atom. The van der Waals surface area contributed by atoms with Crippen molar-refractivity contribution in [2.75, 3.05) is 24.5 Å². The number of likely N-dealkylation sites (tertiary alicyclic amines) is 1. The standard InChI is InChI=1S/C48H49N9O5S2/c1-25(2)41(46(61)57-21-33(58)14-38(57)44(60)52-27(4)29-10-12-30(13-11-29)43-28(5)51-24-63-43)40-16-36(55-62-40)32-19-49-47(50-20-32)56-22-48(23-56)17-31(18-48)42-26(3)35-15-37(53-54-45(35)64-42)34-8-6-7-9-39(34)59/h6-13,15-16,19-20,24-25,27,31,33,38,41,58-59H,14,17-18,21-23H2,1-5H3,(H,52,60)/t27-,33+,38-,41+/m0/s1. The summed E-state index contributed by atoms with van der Waals surface area (Å²) in [6.45, 7) is 11.8. The summed E-state index contributed by atoms with van der Waals surface area (Å²) in [6, 6.07) is 17.9. The van der Waals surface area contributed by atoms with Gasteiger partial charge in [0, 0.05) is 71.3 Å². The second-order valence-corrected chi connectivity index (χ2v) is 20.0. The lowest BCUT2D eigenvalue weighted by Crippen LogP contribution is -2.62. The number of carbonyl (C=O) groups is 2. The Morgan fingerprint density at radius 3 is 2.39 bits per heavy atom. The van der Waals surface area contributed by atoms with E-state index in [2.05, 4.69) is 37.5 Å². The van der Waals surface area contributed by atoms with Gasteiger partial charge < -0.3 is 29.9 Å². The molecule has 3 N–H and O–H groups in total. The summed E-state index contributed by atoms with van der Waals surface area (Å²) < 4.78 is 5.83. The van der Waals surface area contributed by atoms with E-state index in [1.165, 1.54) is 15.3 Å². The first kappa shape index (κ1) is 41.9. The van der Waals surface area contributed by atoms with Crippen LogP contribution in [-0.2, 0) is 9.59 Å². The first-order chi connectivity index (χ1) is 30.8. The predicted octanol–water partition coefficient (Wildman–Crippen LogP) is 8.21. The number of aryl methyl sites for hydroxylation is 2. The second-order valence-electron chi connectivity index (χ2n) is 18.1. The normalized spacial score (nSPS) is 19.2. The highest BCUT2D eigenvalue weighted by atomic mass is 32.1. The molecule has 0 unspecified atom stereocenters. The number of rotatable bonds is 11. The molecule has 2 aromatic carbocycles. The molecule has 2 amide bonds. The lowest BCUT2D eigenvalue weighted by atomic mass is 9.57. The third-order valence-electron chi connectivity index (χ3n) is 13.3. The fourth-order valence-electron chi connectivity index (χ4n) is 9.89. The number of nitrogens with one attached hydrogen (secondary N) is 1. The number of phenols is 1. The molecule has 7 aromatic rings. The maximum Gasteiger partial charge on any atom is 0.243 e. The zero-order valence-corrected chi connectivity index (χ0v) is 37.9. The molecule has 4 atom stereocenters. The predicted molar refractivity (Wildman–Crippen MR) is 246 cm³/mol. The number of aliphatic hydroxyl groups excluding tert-OH is 1. The molecule has 0 bridgehead atoms. The number of aromatic nitrogens is 6. The molecule has 0 radical (unpaired) electrons. The van der Waals surface area contributed by atoms with E-state index in [1.54, 1.807) is 53.3 Å². The van der Waals surface area contributed by atoms with Crippen LogP contribution in [0.2, 0.25) is 0 Å². The van der Waals surface area contributed by atoms with E-state index in [0.29, 0.717) is 40.1 Å². The molecule has 3 aliphatic rings. The van der Waals surface area contributed by atoms with E-state index >= 15 is 0 Å². The molecule has 64 heavy (non-hydrogen) atoms. The lowest BCUT2D eigenvalue weighted by Gasteiger charge is -2.59. The van der Waals surface area contributed by atoms with Crippen LogP contribution in [0.4, 0.5) is 5.95 Å². The number of amides is 2. The molecule has 1 saturated carbocycles. The first-order valence-electron chi connectivity index (χ1n) is 21.7. The highest BCUT2D eigenvalue weighted by Gasteiger charge is 2.54. The number of aliphatic hydroxyl groups is 1. The largest absolute Gasteiger partial charge is 0.507 e. The smallest absolute Gasteiger partial charge is 0.243 e. The van der Waals surface area contributed by atoms with E-state index in [4.69, 9.17) is 14.5 Å². The molecular weight excluding hydrogens is 847 g/mol. The van der Waals surface area contributed by atoms with Crippen LogP contribution in [0.1, 0.15) is 85.4 Å². The van der Waals surface area contributed by atoms with Crippen molar-refractivity contribution in [2.45, 2.75) is 83.9 Å². The van der Waals surface area contributed by atoms with Gasteiger partial charge in [0.25, 0.3) is 0 Å². The third-order valence-corrected chi connectivity index (χ3v) is 15.7. The van der Waals surface area contributed by atoms with Crippen molar-refractivity contribution in [2.24, 2.45) is 11.3 Å². The fraction of sp³-hybridized carbons (Fsp3) is 0.375. The van der Waals surface area contributed by atoms with Gasteiger partial charge in [-0.05, 0) is 80.3 Å². The van der Waals surface area contributed by atoms with E-state index in [1.807, 2.05) is 75.7 Å². The van der Waals surface area contributed by atoms with Crippen LogP contribution in [0.5, 0.6) is 5.75 Å². The average Bonchev–Trinajstić information content (AvgIpc) is 4.07.